The molecule has 0 amide bonds. The number of rotatable bonds is 5. The lowest BCUT2D eigenvalue weighted by molar-refractivity contribution is 0.477. The Kier molecular flexibility index (Phi) is 4.15. The first-order valence-corrected chi connectivity index (χ1v) is 6.44. The van der Waals surface area contributed by atoms with E-state index in [4.69, 9.17) is 4.42 Å². The maximum atomic E-state index is 5.80. The summed E-state index contributed by atoms with van der Waals surface area (Å²) in [6.07, 6.45) is 2.93. The van der Waals surface area contributed by atoms with Gasteiger partial charge in [0.2, 0.25) is 5.89 Å². The topological polar surface area (TPSA) is 38.1 Å². The smallest absolute Gasteiger partial charge is 0.208 e. The first kappa shape index (κ1) is 12.8. The Bertz CT molecular complexity index is 497. The molecule has 0 aliphatic rings. The Labute approximate surface area is 108 Å². The van der Waals surface area contributed by atoms with Crippen molar-refractivity contribution in [2.75, 3.05) is 6.54 Å². The summed E-state index contributed by atoms with van der Waals surface area (Å²) in [5.74, 6) is 1.61. The summed E-state index contributed by atoms with van der Waals surface area (Å²) in [6, 6.07) is 6.26. The van der Waals surface area contributed by atoms with E-state index in [0.29, 0.717) is 6.54 Å². The highest BCUT2D eigenvalue weighted by molar-refractivity contribution is 5.65. The Morgan fingerprint density at radius 3 is 2.61 bits per heavy atom. The van der Waals surface area contributed by atoms with Crippen LogP contribution in [-0.4, -0.2) is 11.5 Å². The minimum atomic E-state index is 0.693. The van der Waals surface area contributed by atoms with Gasteiger partial charge in [0.15, 0.2) is 5.76 Å². The third-order valence-electron chi connectivity index (χ3n) is 2.98. The van der Waals surface area contributed by atoms with Gasteiger partial charge in [0.1, 0.15) is 0 Å². The number of nitrogens with zero attached hydrogens (tertiary/aromatic N) is 1. The number of benzene rings is 1. The molecule has 0 radical (unpaired) electrons. The minimum Gasteiger partial charge on any atom is -0.439 e. The number of hydrogen-bond donors (Lipinski definition) is 1. The zero-order valence-corrected chi connectivity index (χ0v) is 11.3. The molecule has 1 N–H and O–H groups in total. The van der Waals surface area contributed by atoms with Crippen molar-refractivity contribution in [2.45, 2.75) is 33.7 Å². The molecule has 0 saturated heterocycles. The largest absolute Gasteiger partial charge is 0.439 e. The third-order valence-corrected chi connectivity index (χ3v) is 2.98. The molecule has 96 valence electrons. The molecule has 1 aromatic heterocycles. The van der Waals surface area contributed by atoms with Crippen LogP contribution in [0.2, 0.25) is 0 Å². The van der Waals surface area contributed by atoms with E-state index < -0.39 is 0 Å². The van der Waals surface area contributed by atoms with Crippen LogP contribution in [0.5, 0.6) is 0 Å². The molecule has 18 heavy (non-hydrogen) atoms. The van der Waals surface area contributed by atoms with Gasteiger partial charge in [-0.1, -0.05) is 25.1 Å². The van der Waals surface area contributed by atoms with E-state index in [9.17, 15) is 0 Å². The van der Waals surface area contributed by atoms with Crippen LogP contribution in [0.1, 0.15) is 30.4 Å². The lowest BCUT2D eigenvalue weighted by atomic mass is 10.0. The molecule has 1 aromatic carbocycles. The van der Waals surface area contributed by atoms with Gasteiger partial charge in [0, 0.05) is 5.56 Å². The molecule has 1 heterocycles. The molecule has 0 spiro atoms. The normalized spacial score (nSPS) is 10.8. The van der Waals surface area contributed by atoms with E-state index in [1.165, 1.54) is 11.1 Å². The predicted molar refractivity (Wildman–Crippen MR) is 73.4 cm³/mol. The fourth-order valence-corrected chi connectivity index (χ4v) is 2.08. The fraction of sp³-hybridized carbons (Fsp3) is 0.400. The summed E-state index contributed by atoms with van der Waals surface area (Å²) >= 11 is 0. The quantitative estimate of drug-likeness (QED) is 0.818. The maximum Gasteiger partial charge on any atom is 0.208 e. The van der Waals surface area contributed by atoms with Crippen molar-refractivity contribution < 1.29 is 4.42 Å². The van der Waals surface area contributed by atoms with Gasteiger partial charge in [-0.15, -0.1) is 0 Å². The standard InChI is InChI=1S/C15H20N2O/c1-4-8-16-10-14-17-9-13(18-14)15-11(2)6-5-7-12(15)3/h5-7,9,16H,4,8,10H2,1-3H3. The van der Waals surface area contributed by atoms with Crippen molar-refractivity contribution in [1.82, 2.24) is 10.3 Å². The van der Waals surface area contributed by atoms with Crippen LogP contribution in [0.25, 0.3) is 11.3 Å². The number of nitrogens with one attached hydrogen (secondary N) is 1. The monoisotopic (exact) mass is 244 g/mol. The van der Waals surface area contributed by atoms with E-state index in [-0.39, 0.29) is 0 Å². The first-order valence-electron chi connectivity index (χ1n) is 6.44. The highest BCUT2D eigenvalue weighted by Crippen LogP contribution is 2.27. The zero-order valence-electron chi connectivity index (χ0n) is 11.3. The molecule has 0 atom stereocenters. The van der Waals surface area contributed by atoms with Crippen molar-refractivity contribution in [3.63, 3.8) is 0 Å². The van der Waals surface area contributed by atoms with Crippen LogP contribution in [0.15, 0.2) is 28.8 Å². The van der Waals surface area contributed by atoms with Gasteiger partial charge in [0.25, 0.3) is 0 Å². The molecular weight excluding hydrogens is 224 g/mol. The predicted octanol–water partition coefficient (Wildman–Crippen LogP) is 3.46. The molecule has 0 unspecified atom stereocenters. The van der Waals surface area contributed by atoms with Crippen LogP contribution < -0.4 is 5.32 Å². The van der Waals surface area contributed by atoms with Gasteiger partial charge in [0.05, 0.1) is 12.7 Å². The second kappa shape index (κ2) is 5.83. The summed E-state index contributed by atoms with van der Waals surface area (Å²) in [7, 11) is 0. The Hall–Kier alpha value is -1.61. The molecule has 0 bridgehead atoms. The molecule has 0 saturated carbocycles. The maximum absolute atomic E-state index is 5.80. The number of aromatic nitrogens is 1. The van der Waals surface area contributed by atoms with Crippen LogP contribution in [0.3, 0.4) is 0 Å². The summed E-state index contributed by atoms with van der Waals surface area (Å²) < 4.78 is 5.80. The highest BCUT2D eigenvalue weighted by atomic mass is 16.4. The summed E-state index contributed by atoms with van der Waals surface area (Å²) in [6.45, 7) is 8.02. The molecule has 3 heteroatoms. The average Bonchev–Trinajstić information content (AvgIpc) is 2.78. The van der Waals surface area contributed by atoms with Gasteiger partial charge in [-0.2, -0.15) is 0 Å². The molecular formula is C15H20N2O. The molecule has 3 nitrogen and oxygen atoms in total. The highest BCUT2D eigenvalue weighted by Gasteiger charge is 2.10. The Morgan fingerprint density at radius 1 is 1.22 bits per heavy atom. The van der Waals surface area contributed by atoms with Crippen molar-refractivity contribution in [2.24, 2.45) is 0 Å². The van der Waals surface area contributed by atoms with Crippen LogP contribution >= 0.6 is 0 Å². The number of oxazole rings is 1. The lowest BCUT2D eigenvalue weighted by Crippen LogP contribution is -2.13. The van der Waals surface area contributed by atoms with Gasteiger partial charge < -0.3 is 9.73 Å². The van der Waals surface area contributed by atoms with E-state index in [0.717, 1.165) is 30.2 Å². The zero-order chi connectivity index (χ0) is 13.0. The molecule has 2 rings (SSSR count). The van der Waals surface area contributed by atoms with Crippen molar-refractivity contribution >= 4 is 0 Å². The Balaban J connectivity index is 2.19. The lowest BCUT2D eigenvalue weighted by Gasteiger charge is -2.05. The second-order valence-electron chi connectivity index (χ2n) is 4.56. The fourth-order valence-electron chi connectivity index (χ4n) is 2.08. The van der Waals surface area contributed by atoms with Gasteiger partial charge in [-0.05, 0) is 37.9 Å². The minimum absolute atomic E-state index is 0.693. The third kappa shape index (κ3) is 2.79. The summed E-state index contributed by atoms with van der Waals surface area (Å²) in [5, 5.41) is 3.29. The van der Waals surface area contributed by atoms with E-state index >= 15 is 0 Å². The van der Waals surface area contributed by atoms with E-state index in [1.54, 1.807) is 0 Å². The average molecular weight is 244 g/mol. The van der Waals surface area contributed by atoms with Crippen LogP contribution in [0.4, 0.5) is 0 Å². The Morgan fingerprint density at radius 2 is 1.94 bits per heavy atom. The number of aryl methyl sites for hydroxylation is 2. The first-order chi connectivity index (χ1) is 8.72. The van der Waals surface area contributed by atoms with E-state index in [1.807, 2.05) is 6.20 Å². The molecule has 2 aromatic rings. The van der Waals surface area contributed by atoms with Crippen molar-refractivity contribution in [3.05, 3.63) is 41.4 Å². The molecule has 0 aliphatic heterocycles. The summed E-state index contributed by atoms with van der Waals surface area (Å²) in [4.78, 5) is 4.32. The van der Waals surface area contributed by atoms with Gasteiger partial charge in [-0.25, -0.2) is 4.98 Å². The summed E-state index contributed by atoms with van der Waals surface area (Å²) in [5.41, 5.74) is 3.60. The van der Waals surface area contributed by atoms with Gasteiger partial charge in [-0.3, -0.25) is 0 Å². The van der Waals surface area contributed by atoms with Crippen molar-refractivity contribution in [1.29, 1.82) is 0 Å². The molecule has 0 aliphatic carbocycles. The van der Waals surface area contributed by atoms with E-state index in [2.05, 4.69) is 49.3 Å². The van der Waals surface area contributed by atoms with Crippen LogP contribution in [0, 0.1) is 13.8 Å². The van der Waals surface area contributed by atoms with Crippen molar-refractivity contribution in [3.8, 4) is 11.3 Å². The SMILES string of the molecule is CCCNCc1ncc(-c2c(C)cccc2C)o1. The second-order valence-corrected chi connectivity index (χ2v) is 4.56. The van der Waals surface area contributed by atoms with Crippen LogP contribution in [-0.2, 0) is 6.54 Å². The number of hydrogen-bond acceptors (Lipinski definition) is 3. The molecule has 0 fully saturated rings. The van der Waals surface area contributed by atoms with Gasteiger partial charge >= 0.3 is 0 Å².